The summed E-state index contributed by atoms with van der Waals surface area (Å²) in [5.74, 6) is 0. The first-order valence-electron chi connectivity index (χ1n) is 8.50. The Balaban J connectivity index is 2.35. The molecule has 26 heavy (non-hydrogen) atoms. The second kappa shape index (κ2) is 6.44. The van der Waals surface area contributed by atoms with Crippen LogP contribution in [0.2, 0.25) is 0 Å². The van der Waals surface area contributed by atoms with E-state index in [-0.39, 0.29) is 10.6 Å². The van der Waals surface area contributed by atoms with E-state index in [0.717, 1.165) is 16.7 Å². The van der Waals surface area contributed by atoms with E-state index >= 15 is 0 Å². The summed E-state index contributed by atoms with van der Waals surface area (Å²) in [5, 5.41) is 0.489. The first kappa shape index (κ1) is 18.5. The number of rotatable bonds is 4. The van der Waals surface area contributed by atoms with Crippen LogP contribution in [-0.2, 0) is 0 Å². The monoisotopic (exact) mass is 366 g/mol. The van der Waals surface area contributed by atoms with Crippen molar-refractivity contribution in [3.63, 3.8) is 0 Å². The molecule has 0 saturated heterocycles. The van der Waals surface area contributed by atoms with Crippen LogP contribution in [0.25, 0.3) is 0 Å². The Kier molecular flexibility index (Phi) is 4.58. The molecule has 0 aliphatic carbocycles. The van der Waals surface area contributed by atoms with Crippen LogP contribution in [0.15, 0.2) is 72.8 Å². The molecule has 2 N–H and O–H groups in total. The van der Waals surface area contributed by atoms with Gasteiger partial charge in [0.2, 0.25) is 0 Å². The van der Waals surface area contributed by atoms with Crippen LogP contribution in [-0.4, -0.2) is 15.3 Å². The molecule has 0 amide bonds. The fourth-order valence-corrected chi connectivity index (χ4v) is 6.55. The number of benzene rings is 3. The maximum atomic E-state index is 13.7. The fourth-order valence-electron chi connectivity index (χ4n) is 3.53. The van der Waals surface area contributed by atoms with Gasteiger partial charge in [0, 0.05) is 0 Å². The Morgan fingerprint density at radius 3 is 1.50 bits per heavy atom. The number of carbonyl (C=O) groups excluding carboxylic acids is 1. The molecular formula is C22H23O3P. The second-order valence-electron chi connectivity index (χ2n) is 6.77. The third-order valence-corrected chi connectivity index (χ3v) is 8.31. The van der Waals surface area contributed by atoms with Gasteiger partial charge in [-0.3, -0.25) is 0 Å². The van der Waals surface area contributed by atoms with Crippen LogP contribution in [0, 0.1) is 20.8 Å². The summed E-state index contributed by atoms with van der Waals surface area (Å²) in [7, 11) is -5.07. The minimum atomic E-state index is -5.07. The number of carbonyl (C=O) groups is 1. The molecule has 0 aliphatic rings. The molecule has 0 bridgehead atoms. The molecule has 3 aromatic carbocycles. The normalized spacial score (nSPS) is 13.0. The molecule has 0 fully saturated rings. The van der Waals surface area contributed by atoms with E-state index in [1.54, 1.807) is 60.7 Å². The quantitative estimate of drug-likeness (QED) is 0.691. The van der Waals surface area contributed by atoms with Crippen molar-refractivity contribution < 1.29 is 14.6 Å². The van der Waals surface area contributed by atoms with Crippen LogP contribution in [0.5, 0.6) is 0 Å². The molecule has 134 valence electrons. The van der Waals surface area contributed by atoms with Crippen molar-refractivity contribution in [3.05, 3.63) is 95.1 Å². The predicted molar refractivity (Wildman–Crippen MR) is 108 cm³/mol. The second-order valence-corrected chi connectivity index (χ2v) is 10.3. The van der Waals surface area contributed by atoms with Gasteiger partial charge in [0.25, 0.3) is 0 Å². The molecule has 3 nitrogen and oxygen atoms in total. The molecule has 4 heteroatoms. The van der Waals surface area contributed by atoms with E-state index in [9.17, 15) is 14.6 Å². The minimum absolute atomic E-state index is 0.245. The molecule has 0 aromatic heterocycles. The van der Waals surface area contributed by atoms with Crippen LogP contribution in [0.1, 0.15) is 27.0 Å². The van der Waals surface area contributed by atoms with Gasteiger partial charge in [0.1, 0.15) is 0 Å². The molecule has 0 aliphatic heterocycles. The molecule has 0 heterocycles. The summed E-state index contributed by atoms with van der Waals surface area (Å²) in [6.45, 7) is 5.63. The average molecular weight is 366 g/mol. The van der Waals surface area contributed by atoms with Crippen molar-refractivity contribution in [3.8, 4) is 0 Å². The Labute approximate surface area is 154 Å². The Morgan fingerprint density at radius 1 is 0.731 bits per heavy atom. The zero-order valence-corrected chi connectivity index (χ0v) is 16.1. The summed E-state index contributed by atoms with van der Waals surface area (Å²) in [6.07, 6.45) is 0. The molecular weight excluding hydrogens is 343 g/mol. The van der Waals surface area contributed by atoms with Crippen LogP contribution < -0.4 is 10.6 Å². The van der Waals surface area contributed by atoms with Crippen molar-refractivity contribution in [1.82, 2.24) is 0 Å². The summed E-state index contributed by atoms with van der Waals surface area (Å²) < 4.78 is 0. The molecule has 0 atom stereocenters. The number of aryl methyl sites for hydroxylation is 3. The number of hydrogen-bond donors (Lipinski definition) is 2. The standard InChI is InChI=1S/C22H23O3P/c1-16-14-17(2)21(18(3)15-16)22(23)26(24,25,19-10-6-4-7-11-19)20-12-8-5-9-13-20/h4-15,24-25H,1-3H3. The van der Waals surface area contributed by atoms with Gasteiger partial charge in [-0.1, -0.05) is 0 Å². The molecule has 0 saturated carbocycles. The van der Waals surface area contributed by atoms with E-state index in [4.69, 9.17) is 0 Å². The third kappa shape index (κ3) is 2.79. The van der Waals surface area contributed by atoms with E-state index in [1.807, 2.05) is 32.9 Å². The molecule has 0 spiro atoms. The summed E-state index contributed by atoms with van der Waals surface area (Å²) >= 11 is 0. The first-order chi connectivity index (χ1) is 12.2. The summed E-state index contributed by atoms with van der Waals surface area (Å²) in [6, 6.07) is 20.7. The Hall–Kier alpha value is -2.32. The van der Waals surface area contributed by atoms with Crippen molar-refractivity contribution in [2.75, 3.05) is 0 Å². The van der Waals surface area contributed by atoms with Crippen molar-refractivity contribution in [2.45, 2.75) is 20.8 Å². The average Bonchev–Trinajstić information content (AvgIpc) is 2.62. The third-order valence-electron chi connectivity index (χ3n) is 4.77. The summed E-state index contributed by atoms with van der Waals surface area (Å²) in [5.41, 5.74) is 2.29. The molecule has 3 rings (SSSR count). The van der Waals surface area contributed by atoms with E-state index < -0.39 is 12.6 Å². The molecule has 3 aromatic rings. The molecule has 0 radical (unpaired) electrons. The van der Waals surface area contributed by atoms with Crippen molar-refractivity contribution in [2.24, 2.45) is 0 Å². The Bertz CT molecular complexity index is 897. The van der Waals surface area contributed by atoms with Crippen LogP contribution in [0.3, 0.4) is 0 Å². The van der Waals surface area contributed by atoms with Gasteiger partial charge in [-0.25, -0.2) is 0 Å². The van der Waals surface area contributed by atoms with Gasteiger partial charge in [-0.2, -0.15) is 0 Å². The topological polar surface area (TPSA) is 57.5 Å². The zero-order valence-electron chi connectivity index (χ0n) is 15.2. The van der Waals surface area contributed by atoms with Gasteiger partial charge in [-0.15, -0.1) is 0 Å². The maximum absolute atomic E-state index is 13.7. The molecule has 0 unspecified atom stereocenters. The van der Waals surface area contributed by atoms with Crippen molar-refractivity contribution >= 4 is 23.2 Å². The van der Waals surface area contributed by atoms with Gasteiger partial charge in [0.15, 0.2) is 0 Å². The van der Waals surface area contributed by atoms with Gasteiger partial charge >= 0.3 is 154 Å². The fraction of sp³-hybridized carbons (Fsp3) is 0.136. The van der Waals surface area contributed by atoms with E-state index in [0.29, 0.717) is 5.56 Å². The summed E-state index contributed by atoms with van der Waals surface area (Å²) in [4.78, 5) is 37.3. The van der Waals surface area contributed by atoms with Crippen LogP contribution in [0.4, 0.5) is 0 Å². The van der Waals surface area contributed by atoms with Crippen molar-refractivity contribution in [1.29, 1.82) is 0 Å². The van der Waals surface area contributed by atoms with Gasteiger partial charge in [0.05, 0.1) is 0 Å². The SMILES string of the molecule is Cc1cc(C)c(C(=O)P(O)(O)(c2ccccc2)c2ccccc2)c(C)c1. The van der Waals surface area contributed by atoms with Gasteiger partial charge < -0.3 is 0 Å². The zero-order chi connectivity index (χ0) is 19.0. The van der Waals surface area contributed by atoms with Crippen LogP contribution >= 0.6 is 7.06 Å². The van der Waals surface area contributed by atoms with E-state index in [2.05, 4.69) is 0 Å². The van der Waals surface area contributed by atoms with Gasteiger partial charge in [-0.05, 0) is 0 Å². The van der Waals surface area contributed by atoms with E-state index in [1.165, 1.54) is 0 Å². The predicted octanol–water partition coefficient (Wildman–Crippen LogP) is 3.77. The first-order valence-corrected chi connectivity index (χ1v) is 10.6. The number of hydrogen-bond acceptors (Lipinski definition) is 3. The Morgan fingerprint density at radius 2 is 1.12 bits per heavy atom.